The number of benzene rings is 1. The van der Waals surface area contributed by atoms with Crippen LogP contribution in [0.2, 0.25) is 24.9 Å². The highest BCUT2D eigenvalue weighted by Crippen LogP contribution is 2.37. The minimum absolute atomic E-state index is 0.178. The third-order valence-electron chi connectivity index (χ3n) is 3.27. The van der Waals surface area contributed by atoms with Gasteiger partial charge in [0.2, 0.25) is 5.28 Å². The molecule has 1 atom stereocenters. The van der Waals surface area contributed by atoms with Crippen LogP contribution in [0.25, 0.3) is 10.6 Å². The van der Waals surface area contributed by atoms with Crippen LogP contribution >= 0.6 is 38.9 Å². The summed E-state index contributed by atoms with van der Waals surface area (Å²) in [6, 6.07) is 10.2. The summed E-state index contributed by atoms with van der Waals surface area (Å²) < 4.78 is 7.22. The van der Waals surface area contributed by atoms with Gasteiger partial charge in [-0.15, -0.1) is 11.3 Å². The van der Waals surface area contributed by atoms with Crippen LogP contribution in [0.1, 0.15) is 16.7 Å². The summed E-state index contributed by atoms with van der Waals surface area (Å²) >= 11 is 11.0. The second-order valence-corrected chi connectivity index (χ2v) is 13.1. The smallest absolute Gasteiger partial charge is 0.222 e. The zero-order valence-electron chi connectivity index (χ0n) is 14.0. The number of rotatable bonds is 5. The van der Waals surface area contributed by atoms with Crippen LogP contribution in [0.4, 0.5) is 0 Å². The van der Waals surface area contributed by atoms with Gasteiger partial charge in [-0.3, -0.25) is 0 Å². The van der Waals surface area contributed by atoms with Gasteiger partial charge in [0.15, 0.2) is 8.32 Å². The number of hydrogen-bond donors (Lipinski definition) is 0. The second kappa shape index (κ2) is 7.63. The Kier molecular flexibility index (Phi) is 5.70. The standard InChI is InChI=1S/C17H17BrClN3OSSi/c1-25(2,3)23-15(11-7-5-4-6-8-11)16-20-10-13(24-16)14-12(18)9-21-17(19)22-14/h4-10,15H,1-3H3. The third-order valence-corrected chi connectivity index (χ3v) is 6.02. The Labute approximate surface area is 165 Å². The molecule has 8 heteroatoms. The summed E-state index contributed by atoms with van der Waals surface area (Å²) in [5, 5.41) is 1.12. The fourth-order valence-corrected chi connectivity index (χ4v) is 4.97. The Morgan fingerprint density at radius 3 is 2.52 bits per heavy atom. The van der Waals surface area contributed by atoms with Gasteiger partial charge < -0.3 is 4.43 Å². The summed E-state index contributed by atoms with van der Waals surface area (Å²) in [5.41, 5.74) is 1.84. The van der Waals surface area contributed by atoms with Crippen molar-refractivity contribution in [1.82, 2.24) is 15.0 Å². The van der Waals surface area contributed by atoms with Crippen molar-refractivity contribution in [3.05, 3.63) is 63.1 Å². The van der Waals surface area contributed by atoms with Gasteiger partial charge in [0, 0.05) is 12.4 Å². The quantitative estimate of drug-likeness (QED) is 0.352. The third kappa shape index (κ3) is 4.74. The zero-order chi connectivity index (χ0) is 18.0. The molecule has 3 aromatic rings. The first kappa shape index (κ1) is 18.7. The summed E-state index contributed by atoms with van der Waals surface area (Å²) in [6.45, 7) is 6.54. The fraction of sp³-hybridized carbons (Fsp3) is 0.235. The Bertz CT molecular complexity index is 870. The van der Waals surface area contributed by atoms with E-state index < -0.39 is 8.32 Å². The first-order valence-electron chi connectivity index (χ1n) is 7.70. The highest BCUT2D eigenvalue weighted by Gasteiger charge is 2.26. The minimum atomic E-state index is -1.77. The molecule has 25 heavy (non-hydrogen) atoms. The maximum Gasteiger partial charge on any atom is 0.222 e. The van der Waals surface area contributed by atoms with E-state index in [1.807, 2.05) is 24.4 Å². The molecular weight excluding hydrogens is 438 g/mol. The molecule has 0 spiro atoms. The summed E-state index contributed by atoms with van der Waals surface area (Å²) in [4.78, 5) is 13.8. The van der Waals surface area contributed by atoms with E-state index in [2.05, 4.69) is 62.7 Å². The van der Waals surface area contributed by atoms with Gasteiger partial charge in [0.1, 0.15) is 16.8 Å². The molecule has 2 heterocycles. The number of halogens is 2. The van der Waals surface area contributed by atoms with Crippen molar-refractivity contribution in [2.75, 3.05) is 0 Å². The number of hydrogen-bond acceptors (Lipinski definition) is 5. The molecule has 0 fully saturated rings. The van der Waals surface area contributed by atoms with Gasteiger partial charge in [-0.05, 0) is 52.7 Å². The molecule has 0 bridgehead atoms. The van der Waals surface area contributed by atoms with Crippen LogP contribution in [0.3, 0.4) is 0 Å². The van der Waals surface area contributed by atoms with E-state index in [9.17, 15) is 0 Å². The van der Waals surface area contributed by atoms with Crippen LogP contribution in [0.15, 0.2) is 47.2 Å². The lowest BCUT2D eigenvalue weighted by Gasteiger charge is -2.25. The minimum Gasteiger partial charge on any atom is -0.404 e. The Balaban J connectivity index is 2.00. The molecule has 0 N–H and O–H groups in total. The summed E-state index contributed by atoms with van der Waals surface area (Å²) in [5.74, 6) is 0. The molecule has 0 aliphatic carbocycles. The molecule has 0 saturated heterocycles. The van der Waals surface area contributed by atoms with E-state index >= 15 is 0 Å². The van der Waals surface area contributed by atoms with E-state index in [0.717, 1.165) is 25.6 Å². The van der Waals surface area contributed by atoms with Crippen molar-refractivity contribution in [3.63, 3.8) is 0 Å². The lowest BCUT2D eigenvalue weighted by molar-refractivity contribution is 0.239. The van der Waals surface area contributed by atoms with Crippen LogP contribution in [-0.4, -0.2) is 23.3 Å². The fourth-order valence-electron chi connectivity index (χ4n) is 2.28. The highest BCUT2D eigenvalue weighted by atomic mass is 79.9. The van der Waals surface area contributed by atoms with E-state index in [-0.39, 0.29) is 11.4 Å². The molecule has 0 saturated carbocycles. The monoisotopic (exact) mass is 453 g/mol. The first-order chi connectivity index (χ1) is 11.8. The maximum absolute atomic E-state index is 6.43. The van der Waals surface area contributed by atoms with Crippen molar-refractivity contribution in [1.29, 1.82) is 0 Å². The molecule has 1 aromatic carbocycles. The van der Waals surface area contributed by atoms with Gasteiger partial charge in [-0.25, -0.2) is 15.0 Å². The normalized spacial score (nSPS) is 13.0. The second-order valence-electron chi connectivity index (χ2n) is 6.42. The topological polar surface area (TPSA) is 47.9 Å². The van der Waals surface area contributed by atoms with Crippen molar-refractivity contribution in [2.45, 2.75) is 25.7 Å². The predicted molar refractivity (Wildman–Crippen MR) is 109 cm³/mol. The molecule has 0 amide bonds. The van der Waals surface area contributed by atoms with Crippen molar-refractivity contribution < 1.29 is 4.43 Å². The Morgan fingerprint density at radius 2 is 1.84 bits per heavy atom. The van der Waals surface area contributed by atoms with Crippen molar-refractivity contribution >= 4 is 47.2 Å². The van der Waals surface area contributed by atoms with Gasteiger partial charge >= 0.3 is 0 Å². The molecular formula is C17H17BrClN3OSSi. The van der Waals surface area contributed by atoms with Crippen molar-refractivity contribution in [3.8, 4) is 10.6 Å². The van der Waals surface area contributed by atoms with Crippen molar-refractivity contribution in [2.24, 2.45) is 0 Å². The van der Waals surface area contributed by atoms with Gasteiger partial charge in [-0.1, -0.05) is 30.3 Å². The van der Waals surface area contributed by atoms with Crippen LogP contribution in [0.5, 0.6) is 0 Å². The average molecular weight is 455 g/mol. The predicted octanol–water partition coefficient (Wildman–Crippen LogP) is 5.96. The summed E-state index contributed by atoms with van der Waals surface area (Å²) in [7, 11) is -1.77. The molecule has 2 aromatic heterocycles. The highest BCUT2D eigenvalue weighted by molar-refractivity contribution is 9.10. The first-order valence-corrected chi connectivity index (χ1v) is 13.1. The Morgan fingerprint density at radius 1 is 1.12 bits per heavy atom. The SMILES string of the molecule is C[Si](C)(C)OC(c1ccccc1)c1ncc(-c2nc(Cl)ncc2Br)s1. The lowest BCUT2D eigenvalue weighted by atomic mass is 10.1. The van der Waals surface area contributed by atoms with Crippen LogP contribution in [0, 0.1) is 0 Å². The van der Waals surface area contributed by atoms with Crippen LogP contribution < -0.4 is 0 Å². The van der Waals surface area contributed by atoms with E-state index in [1.165, 1.54) is 0 Å². The molecule has 4 nitrogen and oxygen atoms in total. The number of thiazole rings is 1. The number of aromatic nitrogens is 3. The zero-order valence-corrected chi connectivity index (χ0v) is 18.2. The molecule has 3 rings (SSSR count). The van der Waals surface area contributed by atoms with E-state index in [1.54, 1.807) is 17.5 Å². The largest absolute Gasteiger partial charge is 0.404 e. The molecule has 1 unspecified atom stereocenters. The van der Waals surface area contributed by atoms with Crippen LogP contribution in [-0.2, 0) is 4.43 Å². The summed E-state index contributed by atoms with van der Waals surface area (Å²) in [6.07, 6.45) is 3.28. The van der Waals surface area contributed by atoms with Gasteiger partial charge in [0.25, 0.3) is 0 Å². The number of nitrogens with zero attached hydrogens (tertiary/aromatic N) is 3. The average Bonchev–Trinajstić information content (AvgIpc) is 3.04. The molecule has 0 aliphatic heterocycles. The Hall–Kier alpha value is -1.12. The molecule has 130 valence electrons. The molecule has 0 aliphatic rings. The maximum atomic E-state index is 6.43. The lowest BCUT2D eigenvalue weighted by Crippen LogP contribution is -2.28. The van der Waals surface area contributed by atoms with E-state index in [4.69, 9.17) is 16.0 Å². The van der Waals surface area contributed by atoms with Gasteiger partial charge in [-0.2, -0.15) is 0 Å². The molecule has 0 radical (unpaired) electrons. The van der Waals surface area contributed by atoms with E-state index in [0.29, 0.717) is 0 Å². The van der Waals surface area contributed by atoms with Gasteiger partial charge in [0.05, 0.1) is 9.35 Å².